The summed E-state index contributed by atoms with van der Waals surface area (Å²) in [6.45, 7) is 3.73. The van der Waals surface area contributed by atoms with Gasteiger partial charge in [-0.25, -0.2) is 0 Å². The van der Waals surface area contributed by atoms with Crippen molar-refractivity contribution in [2.75, 3.05) is 32.1 Å². The molecule has 0 bridgehead atoms. The van der Waals surface area contributed by atoms with Crippen LogP contribution in [-0.2, 0) is 4.79 Å². The van der Waals surface area contributed by atoms with E-state index in [0.29, 0.717) is 6.42 Å². The van der Waals surface area contributed by atoms with Crippen molar-refractivity contribution in [3.63, 3.8) is 0 Å². The third-order valence-corrected chi connectivity index (χ3v) is 4.94. The van der Waals surface area contributed by atoms with E-state index in [-0.39, 0.29) is 5.91 Å². The number of hydrogen-bond donors (Lipinski definition) is 0. The minimum absolute atomic E-state index is 0.170. The minimum atomic E-state index is 0.170. The maximum absolute atomic E-state index is 12.1. The first kappa shape index (κ1) is 17.7. The molecule has 112 valence electrons. The fourth-order valence-electron chi connectivity index (χ4n) is 1.94. The summed E-state index contributed by atoms with van der Waals surface area (Å²) in [5.41, 5.74) is 0.955. The fraction of sp³-hybridized carbons (Fsp3) is 0.533. The van der Waals surface area contributed by atoms with E-state index in [1.54, 1.807) is 0 Å². The van der Waals surface area contributed by atoms with Gasteiger partial charge in [0.05, 0.1) is 0 Å². The third-order valence-electron chi connectivity index (χ3n) is 3.06. The number of carbonyl (C=O) groups excluding carboxylic acids is 1. The number of hydrogen-bond acceptors (Lipinski definition) is 2. The largest absolute Gasteiger partial charge is 0.312 e. The first-order valence-electron chi connectivity index (χ1n) is 6.85. The van der Waals surface area contributed by atoms with Gasteiger partial charge < -0.3 is 9.80 Å². The van der Waals surface area contributed by atoms with E-state index in [1.165, 1.54) is 0 Å². The normalized spacial score (nSPS) is 10.9. The molecule has 0 aliphatic carbocycles. The third kappa shape index (κ3) is 5.54. The average molecular weight is 406 g/mol. The Morgan fingerprint density at radius 2 is 1.75 bits per heavy atom. The van der Waals surface area contributed by atoms with Gasteiger partial charge in [0.2, 0.25) is 5.91 Å². The van der Waals surface area contributed by atoms with Crippen LogP contribution < -0.4 is 4.90 Å². The van der Waals surface area contributed by atoms with E-state index >= 15 is 0 Å². The summed E-state index contributed by atoms with van der Waals surface area (Å²) in [6.07, 6.45) is 2.64. The molecule has 0 aromatic heterocycles. The van der Waals surface area contributed by atoms with Crippen molar-refractivity contribution < 1.29 is 4.79 Å². The van der Waals surface area contributed by atoms with Gasteiger partial charge in [-0.15, -0.1) is 0 Å². The molecular weight excluding hydrogens is 384 g/mol. The van der Waals surface area contributed by atoms with Gasteiger partial charge in [-0.3, -0.25) is 4.79 Å². The highest BCUT2D eigenvalue weighted by Crippen LogP contribution is 2.28. The molecule has 0 aliphatic heterocycles. The summed E-state index contributed by atoms with van der Waals surface area (Å²) in [7, 11) is 4.14. The standard InChI is InChI=1S/C15H22Br2N2O/c1-4-15(20)19(10-6-5-9-18(2)3)12-7-8-13(16)14(17)11-12/h7-8,11H,4-6,9-10H2,1-3H3. The quantitative estimate of drug-likeness (QED) is 0.631. The van der Waals surface area contributed by atoms with Crippen molar-refractivity contribution in [2.45, 2.75) is 26.2 Å². The summed E-state index contributed by atoms with van der Waals surface area (Å²) in [5.74, 6) is 0.170. The van der Waals surface area contributed by atoms with Crippen LogP contribution >= 0.6 is 31.9 Å². The molecule has 0 unspecified atom stereocenters. The summed E-state index contributed by atoms with van der Waals surface area (Å²) in [6, 6.07) is 5.94. The van der Waals surface area contributed by atoms with Crippen LogP contribution in [0.3, 0.4) is 0 Å². The number of rotatable bonds is 7. The zero-order chi connectivity index (χ0) is 15.1. The van der Waals surface area contributed by atoms with Crippen LogP contribution in [0.4, 0.5) is 5.69 Å². The lowest BCUT2D eigenvalue weighted by atomic mass is 10.2. The van der Waals surface area contributed by atoms with Crippen LogP contribution in [0.2, 0.25) is 0 Å². The number of halogens is 2. The van der Waals surface area contributed by atoms with Crippen LogP contribution in [0.15, 0.2) is 27.1 Å². The molecule has 1 rings (SSSR count). The highest BCUT2D eigenvalue weighted by Gasteiger charge is 2.14. The molecule has 1 aromatic rings. The highest BCUT2D eigenvalue weighted by molar-refractivity contribution is 9.13. The molecule has 1 amide bonds. The minimum Gasteiger partial charge on any atom is -0.312 e. The average Bonchev–Trinajstić information content (AvgIpc) is 2.41. The lowest BCUT2D eigenvalue weighted by Crippen LogP contribution is -2.31. The zero-order valence-corrected chi connectivity index (χ0v) is 15.5. The first-order valence-corrected chi connectivity index (χ1v) is 8.44. The molecule has 0 atom stereocenters. The second kappa shape index (κ2) is 8.80. The smallest absolute Gasteiger partial charge is 0.226 e. The Hall–Kier alpha value is -0.390. The van der Waals surface area contributed by atoms with Gasteiger partial charge in [0.25, 0.3) is 0 Å². The molecule has 0 spiro atoms. The van der Waals surface area contributed by atoms with E-state index < -0.39 is 0 Å². The molecule has 1 aromatic carbocycles. The van der Waals surface area contributed by atoms with E-state index in [2.05, 4.69) is 50.9 Å². The monoisotopic (exact) mass is 404 g/mol. The van der Waals surface area contributed by atoms with Crippen LogP contribution in [0.1, 0.15) is 26.2 Å². The molecule has 0 fully saturated rings. The number of benzene rings is 1. The predicted molar refractivity (Wildman–Crippen MR) is 92.3 cm³/mol. The number of carbonyl (C=O) groups is 1. The SMILES string of the molecule is CCC(=O)N(CCCCN(C)C)c1ccc(Br)c(Br)c1. The lowest BCUT2D eigenvalue weighted by molar-refractivity contribution is -0.118. The van der Waals surface area contributed by atoms with E-state index in [9.17, 15) is 4.79 Å². The number of nitrogens with zero attached hydrogens (tertiary/aromatic N) is 2. The summed E-state index contributed by atoms with van der Waals surface area (Å²) in [4.78, 5) is 16.2. The fourth-order valence-corrected chi connectivity index (χ4v) is 2.55. The number of unbranched alkanes of at least 4 members (excludes halogenated alkanes) is 1. The molecule has 0 heterocycles. The maximum atomic E-state index is 12.1. The molecule has 20 heavy (non-hydrogen) atoms. The van der Waals surface area contributed by atoms with E-state index in [4.69, 9.17) is 0 Å². The second-order valence-electron chi connectivity index (χ2n) is 5.01. The van der Waals surface area contributed by atoms with Crippen LogP contribution in [0, 0.1) is 0 Å². The van der Waals surface area contributed by atoms with Crippen molar-refractivity contribution in [3.05, 3.63) is 27.1 Å². The Kier molecular flexibility index (Phi) is 7.77. The number of anilines is 1. The Bertz CT molecular complexity index is 449. The first-order chi connectivity index (χ1) is 9.45. The Labute approximate surface area is 138 Å². The van der Waals surface area contributed by atoms with Gasteiger partial charge >= 0.3 is 0 Å². The van der Waals surface area contributed by atoms with Gasteiger partial charge in [0.1, 0.15) is 0 Å². The topological polar surface area (TPSA) is 23.6 Å². The van der Waals surface area contributed by atoms with Gasteiger partial charge in [-0.2, -0.15) is 0 Å². The Morgan fingerprint density at radius 3 is 2.30 bits per heavy atom. The van der Waals surface area contributed by atoms with Crippen molar-refractivity contribution >= 4 is 43.5 Å². The Morgan fingerprint density at radius 1 is 1.10 bits per heavy atom. The summed E-state index contributed by atoms with van der Waals surface area (Å²) < 4.78 is 1.97. The molecule has 0 N–H and O–H groups in total. The summed E-state index contributed by atoms with van der Waals surface area (Å²) in [5, 5.41) is 0. The molecule has 3 nitrogen and oxygen atoms in total. The van der Waals surface area contributed by atoms with E-state index in [1.807, 2.05) is 30.0 Å². The molecule has 0 aliphatic rings. The van der Waals surface area contributed by atoms with Crippen molar-refractivity contribution in [1.82, 2.24) is 4.90 Å². The highest BCUT2D eigenvalue weighted by atomic mass is 79.9. The van der Waals surface area contributed by atoms with Crippen LogP contribution in [0.25, 0.3) is 0 Å². The molecule has 5 heteroatoms. The molecule has 0 radical (unpaired) electrons. The van der Waals surface area contributed by atoms with Crippen molar-refractivity contribution in [2.24, 2.45) is 0 Å². The van der Waals surface area contributed by atoms with Gasteiger partial charge in [0, 0.05) is 27.6 Å². The molecular formula is C15H22Br2N2O. The van der Waals surface area contributed by atoms with E-state index in [0.717, 1.165) is 40.6 Å². The van der Waals surface area contributed by atoms with Crippen molar-refractivity contribution in [3.8, 4) is 0 Å². The van der Waals surface area contributed by atoms with Gasteiger partial charge in [-0.1, -0.05) is 6.92 Å². The molecule has 0 saturated heterocycles. The zero-order valence-electron chi connectivity index (χ0n) is 12.3. The van der Waals surface area contributed by atoms with Crippen LogP contribution in [0.5, 0.6) is 0 Å². The van der Waals surface area contributed by atoms with Crippen LogP contribution in [-0.4, -0.2) is 38.0 Å². The predicted octanol–water partition coefficient (Wildman–Crippen LogP) is 4.30. The second-order valence-corrected chi connectivity index (χ2v) is 6.72. The Balaban J connectivity index is 2.73. The molecule has 0 saturated carbocycles. The lowest BCUT2D eigenvalue weighted by Gasteiger charge is -2.23. The summed E-state index contributed by atoms with van der Waals surface area (Å²) >= 11 is 6.95. The maximum Gasteiger partial charge on any atom is 0.226 e. The van der Waals surface area contributed by atoms with Gasteiger partial charge in [-0.05, 0) is 83.5 Å². The number of amides is 1. The van der Waals surface area contributed by atoms with Gasteiger partial charge in [0.15, 0.2) is 0 Å². The van der Waals surface area contributed by atoms with Crippen molar-refractivity contribution in [1.29, 1.82) is 0 Å².